The highest BCUT2D eigenvalue weighted by Gasteiger charge is 2.13. The molecule has 2 aromatic carbocycles. The number of rotatable bonds is 2. The van der Waals surface area contributed by atoms with E-state index in [9.17, 15) is 9.18 Å². The summed E-state index contributed by atoms with van der Waals surface area (Å²) in [5.41, 5.74) is 0.877. The van der Waals surface area contributed by atoms with Crippen LogP contribution < -0.4 is 5.32 Å². The monoisotopic (exact) mass is 321 g/mol. The highest BCUT2D eigenvalue weighted by molar-refractivity contribution is 6.36. The van der Waals surface area contributed by atoms with E-state index < -0.39 is 11.7 Å². The Morgan fingerprint density at radius 3 is 2.57 bits per heavy atom. The van der Waals surface area contributed by atoms with E-state index in [1.807, 2.05) is 30.3 Å². The molecule has 2 nitrogen and oxygen atoms in total. The van der Waals surface area contributed by atoms with E-state index in [-0.39, 0.29) is 22.2 Å². The van der Waals surface area contributed by atoms with E-state index in [2.05, 4.69) is 17.2 Å². The Labute approximate surface area is 131 Å². The van der Waals surface area contributed by atoms with Crippen LogP contribution in [0.4, 0.5) is 4.39 Å². The maximum Gasteiger partial charge on any atom is 0.253 e. The molecule has 0 fully saturated rings. The molecule has 0 aliphatic carbocycles. The number of amides is 1. The lowest BCUT2D eigenvalue weighted by Crippen LogP contribution is -2.24. The highest BCUT2D eigenvalue weighted by Crippen LogP contribution is 2.24. The summed E-state index contributed by atoms with van der Waals surface area (Å²) in [5.74, 6) is 4.50. The fraction of sp³-hybridized carbons (Fsp3) is 0.0625. The van der Waals surface area contributed by atoms with Gasteiger partial charge in [-0.05, 0) is 24.3 Å². The Morgan fingerprint density at radius 1 is 1.14 bits per heavy atom. The van der Waals surface area contributed by atoms with Crippen molar-refractivity contribution in [3.05, 3.63) is 69.5 Å². The van der Waals surface area contributed by atoms with Gasteiger partial charge in [-0.15, -0.1) is 0 Å². The van der Waals surface area contributed by atoms with E-state index in [1.54, 1.807) is 0 Å². The number of hydrogen-bond acceptors (Lipinski definition) is 1. The number of halogens is 3. The summed E-state index contributed by atoms with van der Waals surface area (Å²) in [6.07, 6.45) is 0. The van der Waals surface area contributed by atoms with E-state index in [0.29, 0.717) is 0 Å². The van der Waals surface area contributed by atoms with Crippen molar-refractivity contribution in [3.63, 3.8) is 0 Å². The molecule has 0 aliphatic rings. The Kier molecular flexibility index (Phi) is 5.21. The van der Waals surface area contributed by atoms with Gasteiger partial charge in [-0.2, -0.15) is 0 Å². The molecule has 21 heavy (non-hydrogen) atoms. The van der Waals surface area contributed by atoms with Crippen LogP contribution in [0.15, 0.2) is 42.5 Å². The lowest BCUT2D eigenvalue weighted by atomic mass is 10.2. The molecule has 0 bridgehead atoms. The van der Waals surface area contributed by atoms with Crippen molar-refractivity contribution in [1.29, 1.82) is 0 Å². The van der Waals surface area contributed by atoms with Crippen LogP contribution in [0.5, 0.6) is 0 Å². The smallest absolute Gasteiger partial charge is 0.253 e. The molecule has 0 spiro atoms. The molecular weight excluding hydrogens is 312 g/mol. The molecule has 0 atom stereocenters. The third-order valence-electron chi connectivity index (χ3n) is 2.60. The number of benzene rings is 2. The van der Waals surface area contributed by atoms with Gasteiger partial charge in [0.25, 0.3) is 5.91 Å². The average molecular weight is 322 g/mol. The summed E-state index contributed by atoms with van der Waals surface area (Å²) in [6.45, 7) is 0.133. The van der Waals surface area contributed by atoms with Crippen molar-refractivity contribution < 1.29 is 9.18 Å². The van der Waals surface area contributed by atoms with Crippen LogP contribution in [-0.2, 0) is 0 Å². The molecule has 1 N–H and O–H groups in total. The fourth-order valence-electron chi connectivity index (χ4n) is 1.58. The van der Waals surface area contributed by atoms with E-state index in [4.69, 9.17) is 23.2 Å². The first kappa shape index (κ1) is 15.4. The van der Waals surface area contributed by atoms with Crippen LogP contribution in [0, 0.1) is 17.7 Å². The number of carbonyl (C=O) groups is 1. The van der Waals surface area contributed by atoms with Crippen molar-refractivity contribution in [2.75, 3.05) is 6.54 Å². The van der Waals surface area contributed by atoms with Crippen molar-refractivity contribution >= 4 is 29.1 Å². The van der Waals surface area contributed by atoms with Crippen LogP contribution in [-0.4, -0.2) is 12.5 Å². The molecule has 5 heteroatoms. The Bertz CT molecular complexity index is 720. The first-order valence-corrected chi connectivity index (χ1v) is 6.80. The predicted octanol–water partition coefficient (Wildman–Crippen LogP) is 3.91. The molecule has 1 amide bonds. The van der Waals surface area contributed by atoms with Gasteiger partial charge >= 0.3 is 0 Å². The highest BCUT2D eigenvalue weighted by atomic mass is 35.5. The minimum atomic E-state index is -0.693. The SMILES string of the molecule is O=C(NCC#Cc1ccccc1)c1cc(F)c(Cl)cc1Cl. The maximum absolute atomic E-state index is 13.3. The minimum absolute atomic E-state index is 0.0278. The van der Waals surface area contributed by atoms with Crippen LogP contribution in [0.1, 0.15) is 15.9 Å². The van der Waals surface area contributed by atoms with E-state index in [0.717, 1.165) is 11.6 Å². The van der Waals surface area contributed by atoms with Crippen LogP contribution in [0.2, 0.25) is 10.0 Å². The minimum Gasteiger partial charge on any atom is -0.341 e. The van der Waals surface area contributed by atoms with Gasteiger partial charge in [0.05, 0.1) is 22.2 Å². The topological polar surface area (TPSA) is 29.1 Å². The van der Waals surface area contributed by atoms with Gasteiger partial charge in [-0.1, -0.05) is 53.2 Å². The van der Waals surface area contributed by atoms with Crippen molar-refractivity contribution in [3.8, 4) is 11.8 Å². The summed E-state index contributed by atoms with van der Waals surface area (Å²) in [7, 11) is 0. The van der Waals surface area contributed by atoms with Crippen molar-refractivity contribution in [2.45, 2.75) is 0 Å². The normalized spacial score (nSPS) is 9.67. The number of hydrogen-bond donors (Lipinski definition) is 1. The van der Waals surface area contributed by atoms with Gasteiger partial charge in [0, 0.05) is 5.56 Å². The second-order valence-electron chi connectivity index (χ2n) is 4.10. The van der Waals surface area contributed by atoms with Crippen LogP contribution in [0.25, 0.3) is 0 Å². The predicted molar refractivity (Wildman–Crippen MR) is 82.1 cm³/mol. The Balaban J connectivity index is 2.00. The molecular formula is C16H10Cl2FNO. The zero-order valence-corrected chi connectivity index (χ0v) is 12.3. The van der Waals surface area contributed by atoms with Gasteiger partial charge in [-0.25, -0.2) is 4.39 Å². The molecule has 0 radical (unpaired) electrons. The third kappa shape index (κ3) is 4.22. The van der Waals surface area contributed by atoms with Gasteiger partial charge in [-0.3, -0.25) is 4.79 Å². The third-order valence-corrected chi connectivity index (χ3v) is 3.20. The van der Waals surface area contributed by atoms with Gasteiger partial charge < -0.3 is 5.32 Å². The molecule has 0 saturated heterocycles. The lowest BCUT2D eigenvalue weighted by molar-refractivity contribution is 0.0958. The number of carbonyl (C=O) groups excluding carboxylic acids is 1. The van der Waals surface area contributed by atoms with E-state index in [1.165, 1.54) is 6.07 Å². The van der Waals surface area contributed by atoms with Crippen LogP contribution >= 0.6 is 23.2 Å². The first-order chi connectivity index (χ1) is 10.1. The fourth-order valence-corrected chi connectivity index (χ4v) is 2.05. The first-order valence-electron chi connectivity index (χ1n) is 6.04. The molecule has 2 aromatic rings. The van der Waals surface area contributed by atoms with Gasteiger partial charge in [0.2, 0.25) is 0 Å². The molecule has 0 aromatic heterocycles. The standard InChI is InChI=1S/C16H10Cl2FNO/c17-13-10-14(18)15(19)9-12(13)16(21)20-8-4-7-11-5-2-1-3-6-11/h1-3,5-6,9-10H,8H2,(H,20,21). The largest absolute Gasteiger partial charge is 0.341 e. The van der Waals surface area contributed by atoms with Gasteiger partial charge in [0.15, 0.2) is 0 Å². The summed E-state index contributed by atoms with van der Waals surface area (Å²) >= 11 is 11.4. The lowest BCUT2D eigenvalue weighted by Gasteiger charge is -2.05. The summed E-state index contributed by atoms with van der Waals surface area (Å²) in [4.78, 5) is 11.9. The van der Waals surface area contributed by atoms with Crippen LogP contribution in [0.3, 0.4) is 0 Å². The maximum atomic E-state index is 13.3. The van der Waals surface area contributed by atoms with Gasteiger partial charge in [0.1, 0.15) is 5.82 Å². The van der Waals surface area contributed by atoms with Crippen molar-refractivity contribution in [1.82, 2.24) is 5.32 Å². The molecule has 0 heterocycles. The Morgan fingerprint density at radius 2 is 1.86 bits per heavy atom. The summed E-state index contributed by atoms with van der Waals surface area (Å²) in [5, 5.41) is 2.52. The second kappa shape index (κ2) is 7.12. The zero-order chi connectivity index (χ0) is 15.2. The number of nitrogens with one attached hydrogen (secondary N) is 1. The molecule has 2 rings (SSSR count). The summed E-state index contributed by atoms with van der Waals surface area (Å²) in [6, 6.07) is 11.6. The zero-order valence-electron chi connectivity index (χ0n) is 10.8. The van der Waals surface area contributed by atoms with Crippen molar-refractivity contribution in [2.24, 2.45) is 0 Å². The van der Waals surface area contributed by atoms with E-state index >= 15 is 0 Å². The average Bonchev–Trinajstić information content (AvgIpc) is 2.48. The quantitative estimate of drug-likeness (QED) is 0.659. The molecule has 0 unspecified atom stereocenters. The second-order valence-corrected chi connectivity index (χ2v) is 4.91. The molecule has 0 saturated carbocycles. The molecule has 0 aliphatic heterocycles. The summed E-state index contributed by atoms with van der Waals surface area (Å²) < 4.78 is 13.3. The molecule has 106 valence electrons. The Hall–Kier alpha value is -2.02.